The molecule has 3 saturated heterocycles. The van der Waals surface area contributed by atoms with E-state index in [4.69, 9.17) is 20.7 Å². The van der Waals surface area contributed by atoms with E-state index >= 15 is 0 Å². The zero-order valence-corrected chi connectivity index (χ0v) is 16.0. The second-order valence-electron chi connectivity index (χ2n) is 7.82. The van der Waals surface area contributed by atoms with Crippen molar-refractivity contribution in [1.82, 2.24) is 15.3 Å². The van der Waals surface area contributed by atoms with Crippen LogP contribution in [-0.4, -0.2) is 47.3 Å². The molecule has 3 aromatic rings. The number of fused-ring (bicyclic) bond motifs is 3. The molecule has 0 radical (unpaired) electrons. The molecule has 28 heavy (non-hydrogen) atoms. The summed E-state index contributed by atoms with van der Waals surface area (Å²) in [6.07, 6.45) is 4.69. The summed E-state index contributed by atoms with van der Waals surface area (Å²) in [6.45, 7) is 8.97. The SMILES string of the molecule is [C-]#[N+]C1CC(Oc2ccc(-c3nccs3)c3oc(N4CC5CC(C4)N5)nc23)C1. The summed E-state index contributed by atoms with van der Waals surface area (Å²) in [5.41, 5.74) is 2.43. The van der Waals surface area contributed by atoms with Crippen LogP contribution in [0.25, 0.3) is 26.5 Å². The summed E-state index contributed by atoms with van der Waals surface area (Å²) in [5.74, 6) is 0.735. The van der Waals surface area contributed by atoms with Crippen molar-refractivity contribution in [2.45, 2.75) is 43.5 Å². The van der Waals surface area contributed by atoms with Crippen molar-refractivity contribution in [2.24, 2.45) is 0 Å². The fourth-order valence-electron chi connectivity index (χ4n) is 4.32. The molecule has 1 N–H and O–H groups in total. The zero-order chi connectivity index (χ0) is 18.7. The minimum atomic E-state index is 0.0833. The second-order valence-corrected chi connectivity index (χ2v) is 8.71. The first-order valence-corrected chi connectivity index (χ1v) is 10.5. The van der Waals surface area contributed by atoms with Gasteiger partial charge < -0.3 is 24.2 Å². The minimum absolute atomic E-state index is 0.0833. The fraction of sp³-hybridized carbons (Fsp3) is 0.450. The van der Waals surface area contributed by atoms with E-state index in [-0.39, 0.29) is 12.1 Å². The van der Waals surface area contributed by atoms with Gasteiger partial charge in [-0.15, -0.1) is 11.3 Å². The lowest BCUT2D eigenvalue weighted by Gasteiger charge is -2.47. The highest BCUT2D eigenvalue weighted by molar-refractivity contribution is 7.13. The number of aromatic nitrogens is 2. The van der Waals surface area contributed by atoms with Crippen LogP contribution in [0.4, 0.5) is 6.01 Å². The molecule has 7 rings (SSSR count). The van der Waals surface area contributed by atoms with E-state index in [1.807, 2.05) is 17.5 Å². The van der Waals surface area contributed by atoms with Crippen molar-refractivity contribution in [1.29, 1.82) is 0 Å². The summed E-state index contributed by atoms with van der Waals surface area (Å²) < 4.78 is 12.5. The molecule has 142 valence electrons. The molecule has 2 atom stereocenters. The van der Waals surface area contributed by atoms with Crippen molar-refractivity contribution in [3.63, 3.8) is 0 Å². The Labute approximate surface area is 166 Å². The monoisotopic (exact) mass is 393 g/mol. The molecule has 2 aromatic heterocycles. The quantitative estimate of drug-likeness (QED) is 0.686. The number of thiazole rings is 1. The average Bonchev–Trinajstić information content (AvgIpc) is 3.34. The average molecular weight is 393 g/mol. The van der Waals surface area contributed by atoms with Gasteiger partial charge in [-0.3, -0.25) is 0 Å². The van der Waals surface area contributed by atoms with Crippen LogP contribution in [0, 0.1) is 6.57 Å². The van der Waals surface area contributed by atoms with E-state index in [9.17, 15) is 0 Å². The first-order valence-electron chi connectivity index (χ1n) is 9.64. The maximum Gasteiger partial charge on any atom is 0.298 e. The fourth-order valence-corrected chi connectivity index (χ4v) is 4.98. The van der Waals surface area contributed by atoms with Gasteiger partial charge in [-0.05, 0) is 18.6 Å². The van der Waals surface area contributed by atoms with Gasteiger partial charge in [-0.25, -0.2) is 11.6 Å². The van der Waals surface area contributed by atoms with Crippen LogP contribution in [0.3, 0.4) is 0 Å². The Morgan fingerprint density at radius 1 is 1.25 bits per heavy atom. The summed E-state index contributed by atoms with van der Waals surface area (Å²) >= 11 is 1.59. The Balaban J connectivity index is 1.39. The summed E-state index contributed by atoms with van der Waals surface area (Å²) in [7, 11) is 0. The van der Waals surface area contributed by atoms with E-state index in [2.05, 4.69) is 20.0 Å². The number of nitrogens with zero attached hydrogens (tertiary/aromatic N) is 4. The van der Waals surface area contributed by atoms with E-state index in [1.54, 1.807) is 17.5 Å². The number of nitrogens with one attached hydrogen (secondary N) is 1. The van der Waals surface area contributed by atoms with E-state index in [0.717, 1.165) is 53.4 Å². The number of rotatable bonds is 4. The predicted octanol–water partition coefficient (Wildman–Crippen LogP) is 3.33. The molecule has 2 bridgehead atoms. The predicted molar refractivity (Wildman–Crippen MR) is 107 cm³/mol. The molecular formula is C20H19N5O2S. The molecule has 4 aliphatic rings. The van der Waals surface area contributed by atoms with Gasteiger partial charge in [0.05, 0.1) is 18.4 Å². The Morgan fingerprint density at radius 3 is 2.79 bits per heavy atom. The van der Waals surface area contributed by atoms with E-state index in [1.165, 1.54) is 6.42 Å². The lowest BCUT2D eigenvalue weighted by atomic mass is 9.90. The van der Waals surface area contributed by atoms with Crippen LogP contribution in [0.2, 0.25) is 0 Å². The van der Waals surface area contributed by atoms with Crippen LogP contribution in [0.5, 0.6) is 5.75 Å². The molecule has 3 aliphatic heterocycles. The van der Waals surface area contributed by atoms with Crippen LogP contribution < -0.4 is 15.0 Å². The molecule has 7 nitrogen and oxygen atoms in total. The summed E-state index contributed by atoms with van der Waals surface area (Å²) in [6, 6.07) is 5.78. The second kappa shape index (κ2) is 6.19. The van der Waals surface area contributed by atoms with Crippen molar-refractivity contribution in [2.75, 3.05) is 18.0 Å². The highest BCUT2D eigenvalue weighted by Crippen LogP contribution is 2.40. The topological polar surface area (TPSA) is 67.8 Å². The molecule has 4 fully saturated rings. The standard InChI is InChI=1S/C20H19N5O2S/c1-21-11-7-14(8-11)26-16-3-2-15(19-22-4-5-28-19)18-17(16)24-20(27-18)25-9-12-6-13(10-25)23-12/h2-5,11-14,23H,6-10H2. The van der Waals surface area contributed by atoms with E-state index < -0.39 is 0 Å². The van der Waals surface area contributed by atoms with Crippen LogP contribution >= 0.6 is 11.3 Å². The Kier molecular flexibility index (Phi) is 3.61. The normalized spacial score (nSPS) is 28.5. The third kappa shape index (κ3) is 2.58. The Bertz CT molecular complexity index is 1050. The van der Waals surface area contributed by atoms with Gasteiger partial charge in [0.15, 0.2) is 11.1 Å². The van der Waals surface area contributed by atoms with Crippen LogP contribution in [0.15, 0.2) is 28.1 Å². The molecule has 1 aliphatic carbocycles. The number of hydrogen-bond acceptors (Lipinski definition) is 7. The molecule has 0 amide bonds. The van der Waals surface area contributed by atoms with Crippen LogP contribution in [-0.2, 0) is 0 Å². The van der Waals surface area contributed by atoms with Gasteiger partial charge >= 0.3 is 0 Å². The van der Waals surface area contributed by atoms with Crippen molar-refractivity contribution >= 4 is 28.5 Å². The molecule has 2 unspecified atom stereocenters. The lowest BCUT2D eigenvalue weighted by molar-refractivity contribution is 0.115. The first-order chi connectivity index (χ1) is 13.8. The number of piperazine rings is 1. The number of anilines is 1. The van der Waals surface area contributed by atoms with Gasteiger partial charge in [0.25, 0.3) is 6.01 Å². The van der Waals surface area contributed by atoms with Crippen molar-refractivity contribution < 1.29 is 9.15 Å². The van der Waals surface area contributed by atoms with E-state index in [0.29, 0.717) is 18.1 Å². The van der Waals surface area contributed by atoms with Gasteiger partial charge in [0, 0.05) is 36.8 Å². The zero-order valence-electron chi connectivity index (χ0n) is 15.2. The van der Waals surface area contributed by atoms with Crippen molar-refractivity contribution in [3.8, 4) is 16.3 Å². The number of ether oxygens (including phenoxy) is 1. The van der Waals surface area contributed by atoms with Gasteiger partial charge in [0.1, 0.15) is 16.9 Å². The number of benzene rings is 1. The molecule has 5 heterocycles. The van der Waals surface area contributed by atoms with Gasteiger partial charge in [-0.2, -0.15) is 4.98 Å². The Hall–Kier alpha value is -2.63. The summed E-state index contributed by atoms with van der Waals surface area (Å²) in [5, 5.41) is 6.42. The molecule has 0 spiro atoms. The number of piperidine rings is 1. The molecule has 8 heteroatoms. The third-order valence-corrected chi connectivity index (χ3v) is 6.70. The molecule has 1 aromatic carbocycles. The highest BCUT2D eigenvalue weighted by atomic mass is 32.1. The molecular weight excluding hydrogens is 374 g/mol. The van der Waals surface area contributed by atoms with Gasteiger partial charge in [0.2, 0.25) is 6.04 Å². The highest BCUT2D eigenvalue weighted by Gasteiger charge is 2.39. The lowest BCUT2D eigenvalue weighted by Crippen LogP contribution is -2.67. The molecule has 1 saturated carbocycles. The summed E-state index contributed by atoms with van der Waals surface area (Å²) in [4.78, 5) is 15.1. The number of oxazole rings is 1. The smallest absolute Gasteiger partial charge is 0.298 e. The first kappa shape index (κ1) is 16.3. The minimum Gasteiger partial charge on any atom is -0.487 e. The van der Waals surface area contributed by atoms with Crippen molar-refractivity contribution in [3.05, 3.63) is 35.1 Å². The third-order valence-electron chi connectivity index (χ3n) is 5.90. The number of hydrogen-bond donors (Lipinski definition) is 1. The largest absolute Gasteiger partial charge is 0.487 e. The maximum absolute atomic E-state index is 7.13. The van der Waals surface area contributed by atoms with Gasteiger partial charge in [-0.1, -0.05) is 0 Å². The van der Waals surface area contributed by atoms with Crippen LogP contribution in [0.1, 0.15) is 19.3 Å². The maximum atomic E-state index is 7.13. The Morgan fingerprint density at radius 2 is 2.07 bits per heavy atom.